The number of benzene rings is 1. The number of ether oxygens (including phenoxy) is 1. The first-order valence-electron chi connectivity index (χ1n) is 6.74. The van der Waals surface area contributed by atoms with Crippen molar-refractivity contribution >= 4 is 11.6 Å². The number of methoxy groups -OCH3 is 1. The zero-order valence-electron chi connectivity index (χ0n) is 11.8. The summed E-state index contributed by atoms with van der Waals surface area (Å²) in [7, 11) is 3.37. The van der Waals surface area contributed by atoms with Crippen molar-refractivity contribution in [1.29, 1.82) is 0 Å². The smallest absolute Gasteiger partial charge is 0.251 e. The highest BCUT2D eigenvalue weighted by Crippen LogP contribution is 2.35. The van der Waals surface area contributed by atoms with Crippen LogP contribution in [0.1, 0.15) is 28.8 Å². The third-order valence-corrected chi connectivity index (χ3v) is 3.60. The summed E-state index contributed by atoms with van der Waals surface area (Å²) in [6.07, 6.45) is 2.52. The van der Waals surface area contributed by atoms with E-state index < -0.39 is 0 Å². The van der Waals surface area contributed by atoms with Gasteiger partial charge in [-0.2, -0.15) is 0 Å². The average molecular weight is 262 g/mol. The summed E-state index contributed by atoms with van der Waals surface area (Å²) in [5.41, 5.74) is 2.85. The molecule has 0 saturated heterocycles. The van der Waals surface area contributed by atoms with Crippen molar-refractivity contribution in [2.75, 3.05) is 26.1 Å². The number of carbonyl (C=O) groups excluding carboxylic acids is 1. The van der Waals surface area contributed by atoms with Crippen LogP contribution in [-0.2, 0) is 4.74 Å². The first-order valence-corrected chi connectivity index (χ1v) is 6.74. The first-order chi connectivity index (χ1) is 9.15. The van der Waals surface area contributed by atoms with Gasteiger partial charge in [-0.25, -0.2) is 0 Å². The van der Waals surface area contributed by atoms with E-state index in [2.05, 4.69) is 10.6 Å². The minimum Gasteiger partial charge on any atom is -0.383 e. The highest BCUT2D eigenvalue weighted by molar-refractivity contribution is 5.95. The molecule has 2 N–H and O–H groups in total. The Labute approximate surface area is 114 Å². The van der Waals surface area contributed by atoms with Crippen LogP contribution >= 0.6 is 0 Å². The molecular formula is C15H22N2O2. The van der Waals surface area contributed by atoms with Crippen LogP contribution in [0, 0.1) is 12.8 Å². The first kappa shape index (κ1) is 13.9. The molecule has 1 aliphatic rings. The predicted molar refractivity (Wildman–Crippen MR) is 76.6 cm³/mol. The predicted octanol–water partition coefficient (Wildman–Crippen LogP) is 2.19. The monoisotopic (exact) mass is 262 g/mol. The van der Waals surface area contributed by atoms with Crippen LogP contribution in [-0.4, -0.2) is 32.7 Å². The maximum atomic E-state index is 11.7. The SMILES string of the molecule is CNC(=O)c1ccc(C)c(NC(COC)C2CC2)c1. The Bertz CT molecular complexity index is 455. The van der Waals surface area contributed by atoms with E-state index in [9.17, 15) is 4.79 Å². The van der Waals surface area contributed by atoms with Gasteiger partial charge in [0.25, 0.3) is 5.91 Å². The van der Waals surface area contributed by atoms with Crippen molar-refractivity contribution in [3.63, 3.8) is 0 Å². The molecule has 4 heteroatoms. The van der Waals surface area contributed by atoms with Gasteiger partial charge in [0.15, 0.2) is 0 Å². The molecule has 1 atom stereocenters. The lowest BCUT2D eigenvalue weighted by Gasteiger charge is -2.20. The fourth-order valence-electron chi connectivity index (χ4n) is 2.24. The molecule has 19 heavy (non-hydrogen) atoms. The summed E-state index contributed by atoms with van der Waals surface area (Å²) in [5.74, 6) is 0.640. The highest BCUT2D eigenvalue weighted by Gasteiger charge is 2.31. The maximum Gasteiger partial charge on any atom is 0.251 e. The third-order valence-electron chi connectivity index (χ3n) is 3.60. The molecule has 1 saturated carbocycles. The number of carbonyl (C=O) groups is 1. The van der Waals surface area contributed by atoms with Crippen molar-refractivity contribution in [3.8, 4) is 0 Å². The molecule has 1 aromatic carbocycles. The molecule has 0 bridgehead atoms. The van der Waals surface area contributed by atoms with Crippen LogP contribution < -0.4 is 10.6 Å². The van der Waals surface area contributed by atoms with E-state index >= 15 is 0 Å². The molecule has 1 fully saturated rings. The zero-order valence-corrected chi connectivity index (χ0v) is 11.8. The van der Waals surface area contributed by atoms with Crippen molar-refractivity contribution in [3.05, 3.63) is 29.3 Å². The second kappa shape index (κ2) is 6.06. The zero-order chi connectivity index (χ0) is 13.8. The number of nitrogens with one attached hydrogen (secondary N) is 2. The van der Waals surface area contributed by atoms with Gasteiger partial charge in [0.2, 0.25) is 0 Å². The van der Waals surface area contributed by atoms with Gasteiger partial charge < -0.3 is 15.4 Å². The summed E-state index contributed by atoms with van der Waals surface area (Å²) in [6.45, 7) is 2.75. The lowest BCUT2D eigenvalue weighted by atomic mass is 10.1. The molecule has 0 aliphatic heterocycles. The van der Waals surface area contributed by atoms with Crippen molar-refractivity contribution in [2.45, 2.75) is 25.8 Å². The Morgan fingerprint density at radius 3 is 2.79 bits per heavy atom. The number of anilines is 1. The third kappa shape index (κ3) is 3.47. The van der Waals surface area contributed by atoms with Crippen LogP contribution in [0.3, 0.4) is 0 Å². The largest absolute Gasteiger partial charge is 0.383 e. The van der Waals surface area contributed by atoms with E-state index in [-0.39, 0.29) is 5.91 Å². The lowest BCUT2D eigenvalue weighted by Crippen LogP contribution is -2.28. The van der Waals surface area contributed by atoms with E-state index in [1.54, 1.807) is 14.2 Å². The quantitative estimate of drug-likeness (QED) is 0.826. The summed E-state index contributed by atoms with van der Waals surface area (Å²) < 4.78 is 5.27. The summed E-state index contributed by atoms with van der Waals surface area (Å²) >= 11 is 0. The number of rotatable bonds is 6. The van der Waals surface area contributed by atoms with Crippen molar-refractivity contribution in [2.24, 2.45) is 5.92 Å². The fourth-order valence-corrected chi connectivity index (χ4v) is 2.24. The Kier molecular flexibility index (Phi) is 4.43. The minimum absolute atomic E-state index is 0.0576. The van der Waals surface area contributed by atoms with E-state index in [1.165, 1.54) is 12.8 Å². The Hall–Kier alpha value is -1.55. The van der Waals surface area contributed by atoms with Gasteiger partial charge in [-0.15, -0.1) is 0 Å². The van der Waals surface area contributed by atoms with E-state index in [4.69, 9.17) is 4.74 Å². The highest BCUT2D eigenvalue weighted by atomic mass is 16.5. The number of hydrogen-bond acceptors (Lipinski definition) is 3. The summed E-state index contributed by atoms with van der Waals surface area (Å²) in [4.78, 5) is 11.7. The van der Waals surface area contributed by atoms with Crippen LogP contribution in [0.5, 0.6) is 0 Å². The topological polar surface area (TPSA) is 50.4 Å². The normalized spacial score (nSPS) is 15.9. The Balaban J connectivity index is 2.15. The molecule has 4 nitrogen and oxygen atoms in total. The molecule has 0 heterocycles. The lowest BCUT2D eigenvalue weighted by molar-refractivity contribution is 0.0963. The number of amides is 1. The molecular weight excluding hydrogens is 240 g/mol. The molecule has 1 unspecified atom stereocenters. The van der Waals surface area contributed by atoms with E-state index in [1.807, 2.05) is 25.1 Å². The maximum absolute atomic E-state index is 11.7. The minimum atomic E-state index is -0.0576. The second-order valence-corrected chi connectivity index (χ2v) is 5.15. The van der Waals surface area contributed by atoms with Gasteiger partial charge in [0.1, 0.15) is 0 Å². The Morgan fingerprint density at radius 1 is 1.47 bits per heavy atom. The van der Waals surface area contributed by atoms with Crippen LogP contribution in [0.15, 0.2) is 18.2 Å². The molecule has 2 rings (SSSR count). The van der Waals surface area contributed by atoms with Gasteiger partial charge in [0, 0.05) is 25.4 Å². The van der Waals surface area contributed by atoms with Crippen LogP contribution in [0.25, 0.3) is 0 Å². The van der Waals surface area contributed by atoms with Gasteiger partial charge >= 0.3 is 0 Å². The summed E-state index contributed by atoms with van der Waals surface area (Å²) in [6, 6.07) is 6.08. The molecule has 0 radical (unpaired) electrons. The molecule has 104 valence electrons. The van der Waals surface area contributed by atoms with Gasteiger partial charge in [0.05, 0.1) is 12.6 Å². The van der Waals surface area contributed by atoms with Gasteiger partial charge in [-0.05, 0) is 43.4 Å². The molecule has 0 aromatic heterocycles. The van der Waals surface area contributed by atoms with Crippen molar-refractivity contribution in [1.82, 2.24) is 5.32 Å². The fraction of sp³-hybridized carbons (Fsp3) is 0.533. The van der Waals surface area contributed by atoms with Gasteiger partial charge in [-0.1, -0.05) is 6.07 Å². The molecule has 0 spiro atoms. The van der Waals surface area contributed by atoms with Crippen molar-refractivity contribution < 1.29 is 9.53 Å². The Morgan fingerprint density at radius 2 is 2.21 bits per heavy atom. The molecule has 1 aromatic rings. The van der Waals surface area contributed by atoms with Crippen LogP contribution in [0.2, 0.25) is 0 Å². The summed E-state index contributed by atoms with van der Waals surface area (Å²) in [5, 5.41) is 6.17. The molecule has 1 amide bonds. The number of hydrogen-bond donors (Lipinski definition) is 2. The van der Waals surface area contributed by atoms with Gasteiger partial charge in [-0.3, -0.25) is 4.79 Å². The van der Waals surface area contributed by atoms with E-state index in [0.29, 0.717) is 24.1 Å². The molecule has 1 aliphatic carbocycles. The van der Waals surface area contributed by atoms with E-state index in [0.717, 1.165) is 11.3 Å². The standard InChI is InChI=1S/C15H22N2O2/c1-10-4-5-12(15(18)16-2)8-13(10)17-14(9-19-3)11-6-7-11/h4-5,8,11,14,17H,6-7,9H2,1-3H3,(H,16,18). The average Bonchev–Trinajstić information content (AvgIpc) is 3.24. The second-order valence-electron chi connectivity index (χ2n) is 5.15. The van der Waals surface area contributed by atoms with Crippen LogP contribution in [0.4, 0.5) is 5.69 Å². The number of aryl methyl sites for hydroxylation is 1.